The first-order valence-electron chi connectivity index (χ1n) is 3.65. The van der Waals surface area contributed by atoms with E-state index in [-0.39, 0.29) is 0 Å². The lowest BCUT2D eigenvalue weighted by molar-refractivity contribution is 0.215. The molecule has 0 saturated heterocycles. The van der Waals surface area contributed by atoms with Gasteiger partial charge in [-0.2, -0.15) is 0 Å². The maximum absolute atomic E-state index is 4.50. The molecule has 0 bridgehead atoms. The molecule has 0 heterocycles. The Morgan fingerprint density at radius 1 is 1.60 bits per heavy atom. The molecular formula is C8H13NO. The van der Waals surface area contributed by atoms with Gasteiger partial charge in [-0.3, -0.25) is 0 Å². The Kier molecular flexibility index (Phi) is 3.00. The molecule has 0 unspecified atom stereocenters. The minimum atomic E-state index is 0.871. The van der Waals surface area contributed by atoms with Crippen LogP contribution in [0.5, 0.6) is 0 Å². The van der Waals surface area contributed by atoms with E-state index in [1.54, 1.807) is 13.3 Å². The van der Waals surface area contributed by atoms with Crippen LogP contribution in [0, 0.1) is 5.92 Å². The van der Waals surface area contributed by atoms with Crippen molar-refractivity contribution in [1.82, 2.24) is 0 Å². The van der Waals surface area contributed by atoms with Gasteiger partial charge in [0.2, 0.25) is 0 Å². The van der Waals surface area contributed by atoms with Gasteiger partial charge >= 0.3 is 0 Å². The predicted molar refractivity (Wildman–Crippen MR) is 42.0 cm³/mol. The molecule has 1 aliphatic carbocycles. The Balaban J connectivity index is 1.97. The third-order valence-corrected chi connectivity index (χ3v) is 1.45. The van der Waals surface area contributed by atoms with Gasteiger partial charge in [0.1, 0.15) is 7.11 Å². The molecule has 0 aliphatic heterocycles. The number of hydrogen-bond donors (Lipinski definition) is 0. The Morgan fingerprint density at radius 3 is 3.00 bits per heavy atom. The second-order valence-corrected chi connectivity index (χ2v) is 2.47. The summed E-state index contributed by atoms with van der Waals surface area (Å²) in [5.41, 5.74) is 0. The minimum absolute atomic E-state index is 0.871. The largest absolute Gasteiger partial charge is 0.399 e. The summed E-state index contributed by atoms with van der Waals surface area (Å²) in [5.74, 6) is 0.871. The van der Waals surface area contributed by atoms with Gasteiger partial charge in [-0.15, -0.1) is 0 Å². The van der Waals surface area contributed by atoms with Crippen molar-refractivity contribution in [3.63, 3.8) is 0 Å². The van der Waals surface area contributed by atoms with Crippen molar-refractivity contribution in [2.45, 2.75) is 19.3 Å². The molecule has 0 N–H and O–H groups in total. The van der Waals surface area contributed by atoms with Crippen LogP contribution in [-0.2, 0) is 4.84 Å². The highest BCUT2D eigenvalue weighted by Crippen LogP contribution is 2.29. The Morgan fingerprint density at radius 2 is 2.40 bits per heavy atom. The lowest BCUT2D eigenvalue weighted by Crippen LogP contribution is -1.72. The van der Waals surface area contributed by atoms with Crippen LogP contribution in [-0.4, -0.2) is 13.3 Å². The number of oxime groups is 1. The van der Waals surface area contributed by atoms with Crippen LogP contribution in [0.1, 0.15) is 19.3 Å². The standard InChI is InChI=1S/C8H13NO/c1-10-9-7-3-2-4-8-5-6-8/h2,4,7-8H,3,5-6H2,1H3. The molecule has 0 aromatic heterocycles. The molecule has 0 radical (unpaired) electrons. The van der Waals surface area contributed by atoms with Gasteiger partial charge in [-0.05, 0) is 18.8 Å². The third-order valence-electron chi connectivity index (χ3n) is 1.45. The van der Waals surface area contributed by atoms with Gasteiger partial charge in [0.05, 0.1) is 0 Å². The van der Waals surface area contributed by atoms with Crippen molar-refractivity contribution in [2.24, 2.45) is 11.1 Å². The van der Waals surface area contributed by atoms with E-state index in [1.807, 2.05) is 0 Å². The zero-order chi connectivity index (χ0) is 7.23. The molecule has 0 aromatic rings. The van der Waals surface area contributed by atoms with Crippen molar-refractivity contribution in [2.75, 3.05) is 7.11 Å². The second-order valence-electron chi connectivity index (χ2n) is 2.47. The zero-order valence-electron chi connectivity index (χ0n) is 6.29. The summed E-state index contributed by atoms with van der Waals surface area (Å²) in [6.45, 7) is 0. The average Bonchev–Trinajstić information content (AvgIpc) is 2.71. The van der Waals surface area contributed by atoms with Crippen LogP contribution in [0.3, 0.4) is 0 Å². The van der Waals surface area contributed by atoms with E-state index in [4.69, 9.17) is 0 Å². The van der Waals surface area contributed by atoms with Crippen LogP contribution < -0.4 is 0 Å². The monoisotopic (exact) mass is 139 g/mol. The summed E-state index contributed by atoms with van der Waals surface area (Å²) in [6.07, 6.45) is 9.79. The molecular weight excluding hydrogens is 126 g/mol. The normalized spacial score (nSPS) is 18.9. The smallest absolute Gasteiger partial charge is 0.106 e. The van der Waals surface area contributed by atoms with E-state index in [0.29, 0.717) is 0 Å². The van der Waals surface area contributed by atoms with Crippen LogP contribution in [0.15, 0.2) is 17.3 Å². The fourth-order valence-corrected chi connectivity index (χ4v) is 0.738. The average molecular weight is 139 g/mol. The zero-order valence-corrected chi connectivity index (χ0v) is 6.29. The van der Waals surface area contributed by atoms with E-state index in [0.717, 1.165) is 12.3 Å². The SMILES string of the molecule is CON=CCC=CC1CC1. The van der Waals surface area contributed by atoms with Gasteiger partial charge in [-0.1, -0.05) is 17.3 Å². The molecule has 1 rings (SSSR count). The van der Waals surface area contributed by atoms with Crippen LogP contribution in [0.2, 0.25) is 0 Å². The van der Waals surface area contributed by atoms with E-state index < -0.39 is 0 Å². The number of hydrogen-bond acceptors (Lipinski definition) is 2. The number of allylic oxidation sites excluding steroid dienone is 2. The Hall–Kier alpha value is -0.790. The fourth-order valence-electron chi connectivity index (χ4n) is 0.738. The van der Waals surface area contributed by atoms with Crippen molar-refractivity contribution in [3.05, 3.63) is 12.2 Å². The van der Waals surface area contributed by atoms with Crippen molar-refractivity contribution >= 4 is 6.21 Å². The maximum atomic E-state index is 4.50. The molecule has 10 heavy (non-hydrogen) atoms. The maximum Gasteiger partial charge on any atom is 0.106 e. The van der Waals surface area contributed by atoms with Gasteiger partial charge < -0.3 is 4.84 Å². The lowest BCUT2D eigenvalue weighted by Gasteiger charge is -1.82. The van der Waals surface area contributed by atoms with Crippen LogP contribution in [0.25, 0.3) is 0 Å². The molecule has 0 amide bonds. The first-order chi connectivity index (χ1) is 4.93. The molecule has 2 heteroatoms. The second kappa shape index (κ2) is 4.09. The number of nitrogens with zero attached hydrogens (tertiary/aromatic N) is 1. The summed E-state index contributed by atoms with van der Waals surface area (Å²) >= 11 is 0. The quantitative estimate of drug-likeness (QED) is 0.331. The summed E-state index contributed by atoms with van der Waals surface area (Å²) in [7, 11) is 1.56. The van der Waals surface area contributed by atoms with Crippen LogP contribution in [0.4, 0.5) is 0 Å². The van der Waals surface area contributed by atoms with Crippen molar-refractivity contribution < 1.29 is 4.84 Å². The topological polar surface area (TPSA) is 21.6 Å². The summed E-state index contributed by atoms with van der Waals surface area (Å²) in [5, 5.41) is 3.61. The lowest BCUT2D eigenvalue weighted by atomic mass is 10.3. The molecule has 1 saturated carbocycles. The highest BCUT2D eigenvalue weighted by Gasteiger charge is 2.16. The van der Waals surface area contributed by atoms with Gasteiger partial charge in [0.25, 0.3) is 0 Å². The highest BCUT2D eigenvalue weighted by molar-refractivity contribution is 5.58. The molecule has 1 fully saturated rings. The summed E-state index contributed by atoms with van der Waals surface area (Å²) < 4.78 is 0. The molecule has 0 aromatic carbocycles. The van der Waals surface area contributed by atoms with E-state index in [2.05, 4.69) is 22.1 Å². The molecule has 0 spiro atoms. The van der Waals surface area contributed by atoms with E-state index >= 15 is 0 Å². The summed E-state index contributed by atoms with van der Waals surface area (Å²) in [6, 6.07) is 0. The highest BCUT2D eigenvalue weighted by atomic mass is 16.6. The van der Waals surface area contributed by atoms with Gasteiger partial charge in [-0.25, -0.2) is 0 Å². The Bertz CT molecular complexity index is 136. The third kappa shape index (κ3) is 3.28. The van der Waals surface area contributed by atoms with E-state index in [1.165, 1.54) is 12.8 Å². The Labute approximate surface area is 61.6 Å². The predicted octanol–water partition coefficient (Wildman–Crippen LogP) is 1.97. The first-order valence-corrected chi connectivity index (χ1v) is 3.65. The molecule has 2 nitrogen and oxygen atoms in total. The molecule has 0 atom stereocenters. The van der Waals surface area contributed by atoms with Crippen molar-refractivity contribution in [3.8, 4) is 0 Å². The van der Waals surface area contributed by atoms with Crippen molar-refractivity contribution in [1.29, 1.82) is 0 Å². The first kappa shape index (κ1) is 7.32. The van der Waals surface area contributed by atoms with E-state index in [9.17, 15) is 0 Å². The fraction of sp³-hybridized carbons (Fsp3) is 0.625. The summed E-state index contributed by atoms with van der Waals surface area (Å²) in [4.78, 5) is 4.50. The van der Waals surface area contributed by atoms with Gasteiger partial charge in [0.15, 0.2) is 0 Å². The minimum Gasteiger partial charge on any atom is -0.399 e. The van der Waals surface area contributed by atoms with Crippen LogP contribution >= 0.6 is 0 Å². The van der Waals surface area contributed by atoms with Gasteiger partial charge in [0, 0.05) is 12.6 Å². The molecule has 1 aliphatic rings. The molecule has 56 valence electrons. The number of rotatable bonds is 4.